The molecule has 0 aromatic rings. The second-order valence-corrected chi connectivity index (χ2v) is 6.06. The normalized spacial score (nSPS) is 20.1. The Kier molecular flexibility index (Phi) is 7.56. The lowest BCUT2D eigenvalue weighted by molar-refractivity contribution is 0.101. The smallest absolute Gasteiger partial charge is 0.0558 e. The Bertz CT molecular complexity index is 193. The third-order valence-electron chi connectivity index (χ3n) is 4.12. The van der Waals surface area contributed by atoms with Crippen LogP contribution in [0.3, 0.4) is 0 Å². The molecular weight excluding hydrogens is 230 g/mol. The average molecular weight is 259 g/mol. The zero-order valence-corrected chi connectivity index (χ0v) is 12.3. The lowest BCUT2D eigenvalue weighted by Gasteiger charge is -2.37. The minimum Gasteiger partial charge on any atom is -0.395 e. The van der Waals surface area contributed by atoms with Crippen LogP contribution in [0, 0.1) is 11.8 Å². The van der Waals surface area contributed by atoms with Crippen LogP contribution in [0.5, 0.6) is 0 Å². The third-order valence-corrected chi connectivity index (χ3v) is 4.59. The van der Waals surface area contributed by atoms with Crippen LogP contribution in [0.2, 0.25) is 0 Å². The van der Waals surface area contributed by atoms with Crippen molar-refractivity contribution in [2.24, 2.45) is 11.8 Å². The van der Waals surface area contributed by atoms with Gasteiger partial charge in [0.15, 0.2) is 0 Å². The Morgan fingerprint density at radius 2 is 1.88 bits per heavy atom. The molecule has 0 aliphatic heterocycles. The summed E-state index contributed by atoms with van der Waals surface area (Å²) in [4.78, 5) is 2.51. The second-order valence-electron chi connectivity index (χ2n) is 5.70. The topological polar surface area (TPSA) is 23.5 Å². The van der Waals surface area contributed by atoms with Crippen LogP contribution in [-0.2, 0) is 0 Å². The van der Waals surface area contributed by atoms with Gasteiger partial charge in [-0.15, -0.1) is 0 Å². The number of aliphatic hydroxyl groups is 1. The van der Waals surface area contributed by atoms with E-state index in [1.807, 2.05) is 0 Å². The van der Waals surface area contributed by atoms with Gasteiger partial charge < -0.3 is 5.11 Å². The Morgan fingerprint density at radius 1 is 1.24 bits per heavy atom. The summed E-state index contributed by atoms with van der Waals surface area (Å²) in [6.07, 6.45) is 6.75. The summed E-state index contributed by atoms with van der Waals surface area (Å²) in [6, 6.07) is 0.706. The maximum absolute atomic E-state index is 9.23. The van der Waals surface area contributed by atoms with Gasteiger partial charge in [-0.2, -0.15) is 12.6 Å². The lowest BCUT2D eigenvalue weighted by atomic mass is 9.91. The fourth-order valence-electron chi connectivity index (χ4n) is 2.78. The van der Waals surface area contributed by atoms with E-state index < -0.39 is 0 Å². The molecule has 1 aliphatic rings. The lowest BCUT2D eigenvalue weighted by Crippen LogP contribution is -2.43. The first-order chi connectivity index (χ1) is 8.19. The molecule has 1 saturated carbocycles. The molecule has 1 fully saturated rings. The molecule has 3 heteroatoms. The number of nitrogens with zero attached hydrogens (tertiary/aromatic N) is 1. The molecule has 1 unspecified atom stereocenters. The number of rotatable bonds is 7. The predicted molar refractivity (Wildman–Crippen MR) is 77.7 cm³/mol. The minimum absolute atomic E-state index is 0.286. The van der Waals surface area contributed by atoms with Crippen molar-refractivity contribution in [2.45, 2.75) is 52.0 Å². The van der Waals surface area contributed by atoms with Gasteiger partial charge in [-0.25, -0.2) is 0 Å². The Balaban J connectivity index is 2.51. The number of aliphatic hydroxyl groups excluding tert-OH is 1. The molecular formula is C14H29NOS. The van der Waals surface area contributed by atoms with Gasteiger partial charge in [-0.1, -0.05) is 33.1 Å². The summed E-state index contributed by atoms with van der Waals surface area (Å²) in [5, 5.41) is 9.23. The first-order valence-corrected chi connectivity index (χ1v) is 7.78. The first kappa shape index (κ1) is 15.3. The van der Waals surface area contributed by atoms with Gasteiger partial charge in [-0.3, -0.25) is 4.90 Å². The van der Waals surface area contributed by atoms with E-state index in [4.69, 9.17) is 0 Å². The average Bonchev–Trinajstić information content (AvgIpc) is 2.35. The van der Waals surface area contributed by atoms with E-state index >= 15 is 0 Å². The highest BCUT2D eigenvalue weighted by molar-refractivity contribution is 7.80. The first-order valence-electron chi connectivity index (χ1n) is 7.14. The fraction of sp³-hybridized carbons (Fsp3) is 1.00. The van der Waals surface area contributed by atoms with Crippen molar-refractivity contribution in [1.82, 2.24) is 4.90 Å². The van der Waals surface area contributed by atoms with E-state index in [-0.39, 0.29) is 6.61 Å². The molecule has 0 radical (unpaired) electrons. The van der Waals surface area contributed by atoms with Crippen molar-refractivity contribution >= 4 is 12.6 Å². The van der Waals surface area contributed by atoms with Gasteiger partial charge in [0, 0.05) is 19.1 Å². The summed E-state index contributed by atoms with van der Waals surface area (Å²) in [6.45, 7) is 6.78. The Hall–Kier alpha value is 0.270. The van der Waals surface area contributed by atoms with E-state index in [0.717, 1.165) is 18.8 Å². The zero-order valence-electron chi connectivity index (χ0n) is 11.4. The van der Waals surface area contributed by atoms with Gasteiger partial charge in [-0.05, 0) is 30.4 Å². The molecule has 0 aromatic carbocycles. The van der Waals surface area contributed by atoms with Crippen LogP contribution in [0.1, 0.15) is 46.0 Å². The fourth-order valence-corrected chi connectivity index (χ4v) is 3.32. The molecule has 0 aromatic heterocycles. The molecule has 0 amide bonds. The standard InChI is InChI=1S/C14H29NOS/c1-12(2)13(11-17)10-15(8-9-16)14-6-4-3-5-7-14/h12-14,16-17H,3-11H2,1-2H3. The maximum atomic E-state index is 9.23. The highest BCUT2D eigenvalue weighted by atomic mass is 32.1. The van der Waals surface area contributed by atoms with E-state index in [1.165, 1.54) is 32.1 Å². The summed E-state index contributed by atoms with van der Waals surface area (Å²) < 4.78 is 0. The zero-order chi connectivity index (χ0) is 12.7. The maximum Gasteiger partial charge on any atom is 0.0558 e. The third kappa shape index (κ3) is 5.19. The van der Waals surface area contributed by atoms with E-state index in [0.29, 0.717) is 17.9 Å². The van der Waals surface area contributed by atoms with Crippen molar-refractivity contribution in [3.05, 3.63) is 0 Å². The summed E-state index contributed by atoms with van der Waals surface area (Å²) in [7, 11) is 0. The van der Waals surface area contributed by atoms with Crippen LogP contribution in [-0.4, -0.2) is 41.5 Å². The number of hydrogen-bond acceptors (Lipinski definition) is 3. The van der Waals surface area contributed by atoms with Crippen molar-refractivity contribution in [2.75, 3.05) is 25.4 Å². The molecule has 17 heavy (non-hydrogen) atoms. The Labute approximate surface area is 112 Å². The highest BCUT2D eigenvalue weighted by Gasteiger charge is 2.24. The van der Waals surface area contributed by atoms with Gasteiger partial charge in [0.25, 0.3) is 0 Å². The molecule has 1 aliphatic carbocycles. The van der Waals surface area contributed by atoms with Crippen molar-refractivity contribution in [1.29, 1.82) is 0 Å². The quantitative estimate of drug-likeness (QED) is 0.687. The largest absolute Gasteiger partial charge is 0.395 e. The molecule has 0 heterocycles. The predicted octanol–water partition coefficient (Wildman–Crippen LogP) is 2.82. The number of thiol groups is 1. The van der Waals surface area contributed by atoms with Crippen LogP contribution in [0.4, 0.5) is 0 Å². The van der Waals surface area contributed by atoms with Crippen molar-refractivity contribution in [3.63, 3.8) is 0 Å². The minimum atomic E-state index is 0.286. The van der Waals surface area contributed by atoms with Gasteiger partial charge in [0.2, 0.25) is 0 Å². The van der Waals surface area contributed by atoms with E-state index in [2.05, 4.69) is 31.4 Å². The van der Waals surface area contributed by atoms with Gasteiger partial charge in [0.1, 0.15) is 0 Å². The number of hydrogen-bond donors (Lipinski definition) is 2. The molecule has 0 bridgehead atoms. The van der Waals surface area contributed by atoms with Gasteiger partial charge >= 0.3 is 0 Å². The Morgan fingerprint density at radius 3 is 2.35 bits per heavy atom. The molecule has 0 saturated heterocycles. The second kappa shape index (κ2) is 8.39. The van der Waals surface area contributed by atoms with Crippen LogP contribution in [0.25, 0.3) is 0 Å². The summed E-state index contributed by atoms with van der Waals surface area (Å²) in [5.74, 6) is 2.27. The van der Waals surface area contributed by atoms with Crippen molar-refractivity contribution < 1.29 is 5.11 Å². The summed E-state index contributed by atoms with van der Waals surface area (Å²) >= 11 is 4.47. The van der Waals surface area contributed by atoms with Crippen LogP contribution in [0.15, 0.2) is 0 Å². The highest BCUT2D eigenvalue weighted by Crippen LogP contribution is 2.24. The molecule has 1 N–H and O–H groups in total. The molecule has 1 rings (SSSR count). The summed E-state index contributed by atoms with van der Waals surface area (Å²) in [5.41, 5.74) is 0. The molecule has 0 spiro atoms. The molecule has 1 atom stereocenters. The van der Waals surface area contributed by atoms with Crippen LogP contribution >= 0.6 is 12.6 Å². The monoisotopic (exact) mass is 259 g/mol. The van der Waals surface area contributed by atoms with Crippen molar-refractivity contribution in [3.8, 4) is 0 Å². The SMILES string of the molecule is CC(C)C(CS)CN(CCO)C1CCCCC1. The van der Waals surface area contributed by atoms with E-state index in [9.17, 15) is 5.11 Å². The van der Waals surface area contributed by atoms with E-state index in [1.54, 1.807) is 0 Å². The van der Waals surface area contributed by atoms with Crippen LogP contribution < -0.4 is 0 Å². The molecule has 102 valence electrons. The molecule has 2 nitrogen and oxygen atoms in total. The van der Waals surface area contributed by atoms with Gasteiger partial charge in [0.05, 0.1) is 6.61 Å².